The van der Waals surface area contributed by atoms with Gasteiger partial charge in [0.25, 0.3) is 23.6 Å². The number of benzene rings is 2. The molecule has 0 unspecified atom stereocenters. The van der Waals surface area contributed by atoms with E-state index in [0.29, 0.717) is 47.4 Å². The molecule has 0 aliphatic carbocycles. The minimum absolute atomic E-state index is 0.0176. The SMILES string of the molecule is C/C(=N\NC(=O)CC(C)(C)S)c1ccc(OCCCC(=O)O)cc1.C/C(=N\NC(=O)CC(C)(C)S)c1ccc(OCCCC(=O)ON2C(=O)CCC2=O)cc1.O=C1CCC(=O)N1O. The molecule has 0 radical (unpaired) electrons. The zero-order chi connectivity index (χ0) is 47.3. The average Bonchev–Trinajstić information content (AvgIpc) is 3.68. The molecule has 2 aromatic carbocycles. The molecule has 0 saturated carbocycles. The summed E-state index contributed by atoms with van der Waals surface area (Å²) in [6, 6.07) is 14.4. The number of nitrogens with zero attached hydrogens (tertiary/aromatic N) is 4. The summed E-state index contributed by atoms with van der Waals surface area (Å²) in [6.45, 7) is 11.6. The summed E-state index contributed by atoms with van der Waals surface area (Å²) >= 11 is 8.63. The molecule has 2 aliphatic rings. The number of carboxylic acid groups (broad SMARTS) is 1. The molecule has 21 heteroatoms. The van der Waals surface area contributed by atoms with Gasteiger partial charge in [-0.05, 0) is 86.3 Å². The molecule has 0 aromatic heterocycles. The molecule has 6 amide bonds. The van der Waals surface area contributed by atoms with Gasteiger partial charge in [0.2, 0.25) is 11.8 Å². The fourth-order valence-corrected chi connectivity index (χ4v) is 5.35. The number of ether oxygens (including phenoxy) is 2. The number of hydrogen-bond donors (Lipinski definition) is 6. The Morgan fingerprint density at radius 2 is 1.02 bits per heavy atom. The van der Waals surface area contributed by atoms with Gasteiger partial charge in [-0.3, -0.25) is 38.8 Å². The molecule has 4 rings (SSSR count). The second-order valence-electron chi connectivity index (χ2n) is 15.4. The van der Waals surface area contributed by atoms with Crippen molar-refractivity contribution in [3.05, 3.63) is 59.7 Å². The van der Waals surface area contributed by atoms with Gasteiger partial charge in [-0.2, -0.15) is 40.5 Å². The van der Waals surface area contributed by atoms with Crippen molar-refractivity contribution in [1.82, 2.24) is 21.0 Å². The van der Waals surface area contributed by atoms with E-state index >= 15 is 0 Å². The van der Waals surface area contributed by atoms with E-state index < -0.39 is 40.3 Å². The maximum absolute atomic E-state index is 11.8. The Kier molecular flexibility index (Phi) is 22.0. The Bertz CT molecular complexity index is 1960. The van der Waals surface area contributed by atoms with Crippen molar-refractivity contribution in [1.29, 1.82) is 0 Å². The molecule has 2 aliphatic heterocycles. The van der Waals surface area contributed by atoms with E-state index in [9.17, 15) is 38.4 Å². The summed E-state index contributed by atoms with van der Waals surface area (Å²) < 4.78 is 10.3. The zero-order valence-electron chi connectivity index (χ0n) is 36.2. The third-order valence-corrected chi connectivity index (χ3v) is 8.57. The maximum Gasteiger partial charge on any atom is 0.333 e. The Morgan fingerprint density at radius 3 is 1.35 bits per heavy atom. The van der Waals surface area contributed by atoms with Crippen LogP contribution in [0, 0.1) is 0 Å². The van der Waals surface area contributed by atoms with Gasteiger partial charge in [0, 0.05) is 54.4 Å². The Labute approximate surface area is 376 Å². The number of carbonyl (C=O) groups is 8. The first-order valence-corrected chi connectivity index (χ1v) is 20.7. The van der Waals surface area contributed by atoms with Gasteiger partial charge in [0.05, 0.1) is 31.1 Å². The number of carbonyl (C=O) groups excluding carboxylic acids is 7. The fourth-order valence-electron chi connectivity index (χ4n) is 5.06. The van der Waals surface area contributed by atoms with Crippen LogP contribution in [0.2, 0.25) is 0 Å². The Hall–Kier alpha value is -5.80. The number of carboxylic acids is 1. The zero-order valence-corrected chi connectivity index (χ0v) is 38.0. The van der Waals surface area contributed by atoms with Gasteiger partial charge >= 0.3 is 11.9 Å². The minimum atomic E-state index is -0.830. The van der Waals surface area contributed by atoms with Crippen LogP contribution in [0.25, 0.3) is 0 Å². The third kappa shape index (κ3) is 22.2. The maximum atomic E-state index is 11.8. The number of thiol groups is 2. The lowest BCUT2D eigenvalue weighted by Gasteiger charge is -2.15. The molecule has 344 valence electrons. The quantitative estimate of drug-likeness (QED) is 0.0277. The van der Waals surface area contributed by atoms with Crippen LogP contribution in [0.4, 0.5) is 0 Å². The molecule has 4 N–H and O–H groups in total. The predicted octanol–water partition coefficient (Wildman–Crippen LogP) is 4.79. The average molecular weight is 917 g/mol. The molecule has 19 nitrogen and oxygen atoms in total. The van der Waals surface area contributed by atoms with E-state index in [2.05, 4.69) is 46.3 Å². The summed E-state index contributed by atoms with van der Waals surface area (Å²) in [6.07, 6.45) is 1.88. The fraction of sp³-hybridized carbons (Fsp3) is 0.476. The standard InChI is InChI=1S/C21H27N3O6S.C17H24N2O4S.C4H5NO3/c1-14(22-23-17(25)13-21(2,3)31)15-6-8-16(9-7-15)29-12-4-5-20(28)30-24-18(26)10-11-19(24)27;1-12(18-19-15(20)11-17(2,3)24)13-6-8-14(9-7-13)23-10-4-5-16(21)22;6-3-1-2-4(7)5(3)8/h6-9,31H,4-5,10-13H2,1-3H3,(H,23,25);6-9,24H,4-5,10-11H2,1-3H3,(H,19,20)(H,21,22);8H,1-2H2/b22-14+;18-12+;. The molecular weight excluding hydrogens is 861 g/mol. The van der Waals surface area contributed by atoms with Crippen LogP contribution < -0.4 is 20.3 Å². The highest BCUT2D eigenvalue weighted by atomic mass is 32.1. The van der Waals surface area contributed by atoms with Crippen LogP contribution in [0.1, 0.15) is 117 Å². The lowest BCUT2D eigenvalue weighted by Crippen LogP contribution is -2.32. The second-order valence-corrected chi connectivity index (χ2v) is 17.9. The molecule has 2 saturated heterocycles. The van der Waals surface area contributed by atoms with Crippen molar-refractivity contribution in [3.63, 3.8) is 0 Å². The number of hydrogen-bond acceptors (Lipinski definition) is 16. The van der Waals surface area contributed by atoms with Crippen LogP contribution in [0.3, 0.4) is 0 Å². The van der Waals surface area contributed by atoms with Crippen LogP contribution >= 0.6 is 25.3 Å². The van der Waals surface area contributed by atoms with Crippen molar-refractivity contribution < 1.29 is 63.0 Å². The smallest absolute Gasteiger partial charge is 0.333 e. The van der Waals surface area contributed by atoms with E-state index in [1.807, 2.05) is 52.0 Å². The summed E-state index contributed by atoms with van der Waals surface area (Å²) in [4.78, 5) is 93.8. The van der Waals surface area contributed by atoms with Crippen molar-refractivity contribution in [2.45, 2.75) is 115 Å². The number of imide groups is 2. The lowest BCUT2D eigenvalue weighted by molar-refractivity contribution is -0.197. The molecule has 0 bridgehead atoms. The Balaban J connectivity index is 0.000000376. The van der Waals surface area contributed by atoms with Crippen LogP contribution in [-0.2, 0) is 43.2 Å². The van der Waals surface area contributed by atoms with E-state index in [0.717, 1.165) is 11.1 Å². The van der Waals surface area contributed by atoms with Crippen LogP contribution in [0.5, 0.6) is 11.5 Å². The van der Waals surface area contributed by atoms with Gasteiger partial charge in [-0.15, -0.1) is 5.06 Å². The number of aliphatic carboxylic acids is 1. The first kappa shape index (κ1) is 53.3. The number of amides is 6. The topological polar surface area (TPSA) is 260 Å². The van der Waals surface area contributed by atoms with Crippen LogP contribution in [0.15, 0.2) is 58.7 Å². The molecule has 2 heterocycles. The van der Waals surface area contributed by atoms with Crippen molar-refractivity contribution in [2.24, 2.45) is 10.2 Å². The summed E-state index contributed by atoms with van der Waals surface area (Å²) in [5.41, 5.74) is 8.04. The molecule has 0 spiro atoms. The van der Waals surface area contributed by atoms with E-state index in [4.69, 9.17) is 24.6 Å². The lowest BCUT2D eigenvalue weighted by atomic mass is 10.1. The normalized spacial score (nSPS) is 14.3. The number of hydroxylamine groups is 4. The molecular formula is C42H56N6O13S2. The number of hydrazone groups is 2. The number of rotatable bonds is 19. The third-order valence-electron chi connectivity index (χ3n) is 8.25. The monoisotopic (exact) mass is 916 g/mol. The highest BCUT2D eigenvalue weighted by Crippen LogP contribution is 2.19. The van der Waals surface area contributed by atoms with Crippen molar-refractivity contribution in [2.75, 3.05) is 13.2 Å². The Morgan fingerprint density at radius 1 is 0.651 bits per heavy atom. The minimum Gasteiger partial charge on any atom is -0.494 e. The van der Waals surface area contributed by atoms with E-state index in [1.54, 1.807) is 38.1 Å². The van der Waals surface area contributed by atoms with Crippen LogP contribution in [-0.4, -0.2) is 102 Å². The van der Waals surface area contributed by atoms with Crippen molar-refractivity contribution >= 4 is 84.1 Å². The molecule has 63 heavy (non-hydrogen) atoms. The molecule has 0 atom stereocenters. The summed E-state index contributed by atoms with van der Waals surface area (Å²) in [7, 11) is 0. The first-order valence-electron chi connectivity index (χ1n) is 19.8. The van der Waals surface area contributed by atoms with Crippen molar-refractivity contribution in [3.8, 4) is 11.5 Å². The van der Waals surface area contributed by atoms with Gasteiger partial charge in [0.15, 0.2) is 0 Å². The predicted molar refractivity (Wildman–Crippen MR) is 236 cm³/mol. The van der Waals surface area contributed by atoms with Gasteiger partial charge in [-0.1, -0.05) is 27.7 Å². The molecule has 2 fully saturated rings. The largest absolute Gasteiger partial charge is 0.494 e. The van der Waals surface area contributed by atoms with Gasteiger partial charge < -0.3 is 19.4 Å². The van der Waals surface area contributed by atoms with Gasteiger partial charge in [0.1, 0.15) is 11.5 Å². The second kappa shape index (κ2) is 26.0. The first-order chi connectivity index (χ1) is 29.4. The van der Waals surface area contributed by atoms with E-state index in [1.165, 1.54) is 0 Å². The summed E-state index contributed by atoms with van der Waals surface area (Å²) in [5.74, 6) is -2.62. The highest BCUT2D eigenvalue weighted by Gasteiger charge is 2.32. The summed E-state index contributed by atoms with van der Waals surface area (Å²) in [5, 5.41) is 25.8. The number of nitrogens with one attached hydrogen (secondary N) is 2. The van der Waals surface area contributed by atoms with Gasteiger partial charge in [-0.25, -0.2) is 15.6 Å². The van der Waals surface area contributed by atoms with E-state index in [-0.39, 0.29) is 79.6 Å². The molecule has 2 aromatic rings. The highest BCUT2D eigenvalue weighted by molar-refractivity contribution is 7.82.